The molecular weight excluding hydrogens is 548 g/mol. The molecule has 0 aromatic heterocycles. The van der Waals surface area contributed by atoms with Crippen LogP contribution in [0.15, 0.2) is 42.5 Å². The minimum Gasteiger partial charge on any atom is -0.464 e. The summed E-state index contributed by atoms with van der Waals surface area (Å²) < 4.78 is 57.1. The molecule has 42 heavy (non-hydrogen) atoms. The maximum absolute atomic E-state index is 12.9. The highest BCUT2D eigenvalue weighted by molar-refractivity contribution is 5.89. The summed E-state index contributed by atoms with van der Waals surface area (Å²) in [5.74, 6) is -1.03. The fraction of sp³-hybridized carbons (Fsp3) is 0.516. The smallest absolute Gasteiger partial charge is 0.338 e. The van der Waals surface area contributed by atoms with Crippen LogP contribution in [0, 0.1) is 0 Å². The zero-order valence-electron chi connectivity index (χ0n) is 24.7. The molecule has 5 atom stereocenters. The molecule has 0 amide bonds. The molecule has 5 rings (SSSR count). The number of fused-ring (bicyclic) bond motifs is 3. The van der Waals surface area contributed by atoms with Crippen molar-refractivity contribution in [1.82, 2.24) is 0 Å². The van der Waals surface area contributed by atoms with Crippen molar-refractivity contribution in [3.63, 3.8) is 0 Å². The predicted octanol–water partition coefficient (Wildman–Crippen LogP) is 4.38. The van der Waals surface area contributed by atoms with E-state index in [1.165, 1.54) is 0 Å². The molecule has 11 heteroatoms. The van der Waals surface area contributed by atoms with Crippen LogP contribution >= 0.6 is 0 Å². The Morgan fingerprint density at radius 2 is 1.36 bits per heavy atom. The van der Waals surface area contributed by atoms with Gasteiger partial charge in [0, 0.05) is 14.2 Å². The van der Waals surface area contributed by atoms with Gasteiger partial charge in [-0.2, -0.15) is 0 Å². The summed E-state index contributed by atoms with van der Waals surface area (Å²) in [5, 5.41) is 0. The lowest BCUT2D eigenvalue weighted by atomic mass is 9.99. The summed E-state index contributed by atoms with van der Waals surface area (Å²) in [7, 11) is 3.10. The molecule has 3 aliphatic rings. The number of hydrogen-bond acceptors (Lipinski definition) is 11. The van der Waals surface area contributed by atoms with Crippen molar-refractivity contribution < 1.29 is 52.2 Å². The molecule has 3 saturated heterocycles. The Kier molecular flexibility index (Phi) is 9.19. The van der Waals surface area contributed by atoms with Gasteiger partial charge in [0.05, 0.1) is 5.56 Å². The van der Waals surface area contributed by atoms with Gasteiger partial charge in [0.1, 0.15) is 31.0 Å². The predicted molar refractivity (Wildman–Crippen MR) is 150 cm³/mol. The molecular formula is C31H38O11. The first-order valence-electron chi connectivity index (χ1n) is 13.8. The standard InChI is InChI=1S/C31H38O11/c1-30(2)39-25-24(38-29-27(26(25)40-30)41-31(3,4)42-29)16-35-28(32)21-12-9-19(10-13-21)7-8-20-11-14-22(36-17-33-5)23(15-20)37-18-34-6/h7-15,24-27,29H,16-18H2,1-6H3/b8-7+. The number of carbonyl (C=O) groups excluding carboxylic acids is 1. The largest absolute Gasteiger partial charge is 0.464 e. The SMILES string of the molecule is COCOc1ccc(/C=C/c2ccc(C(=O)OCC3OC4OC(C)(C)OC4C4OC(C)(C)OC34)cc2)cc1OCOC. The van der Waals surface area contributed by atoms with Gasteiger partial charge < -0.3 is 47.4 Å². The molecule has 0 aliphatic carbocycles. The van der Waals surface area contributed by atoms with Crippen molar-refractivity contribution in [1.29, 1.82) is 0 Å². The first-order valence-corrected chi connectivity index (χ1v) is 13.8. The summed E-state index contributed by atoms with van der Waals surface area (Å²) in [6.45, 7) is 7.48. The normalized spacial score (nSPS) is 27.4. The maximum Gasteiger partial charge on any atom is 0.338 e. The molecule has 3 aliphatic heterocycles. The molecule has 228 valence electrons. The Hall–Kier alpha value is -3.03. The first-order chi connectivity index (χ1) is 20.1. The van der Waals surface area contributed by atoms with Crippen molar-refractivity contribution in [2.24, 2.45) is 0 Å². The molecule has 0 N–H and O–H groups in total. The summed E-state index contributed by atoms with van der Waals surface area (Å²) >= 11 is 0. The Morgan fingerprint density at radius 1 is 0.762 bits per heavy atom. The number of carbonyl (C=O) groups is 1. The van der Waals surface area contributed by atoms with Crippen LogP contribution in [0.3, 0.4) is 0 Å². The number of esters is 1. The number of hydrogen-bond donors (Lipinski definition) is 0. The third-order valence-corrected chi connectivity index (χ3v) is 6.88. The number of rotatable bonds is 11. The lowest BCUT2D eigenvalue weighted by Gasteiger charge is -2.36. The van der Waals surface area contributed by atoms with Gasteiger partial charge in [-0.3, -0.25) is 0 Å². The zero-order valence-corrected chi connectivity index (χ0v) is 24.7. The highest BCUT2D eigenvalue weighted by Crippen LogP contribution is 2.44. The monoisotopic (exact) mass is 586 g/mol. The van der Waals surface area contributed by atoms with Crippen molar-refractivity contribution in [3.05, 3.63) is 59.2 Å². The van der Waals surface area contributed by atoms with Crippen LogP contribution in [0.5, 0.6) is 11.5 Å². The Balaban J connectivity index is 1.19. The highest BCUT2D eigenvalue weighted by Gasteiger charge is 2.60. The first kappa shape index (κ1) is 30.4. The third kappa shape index (κ3) is 7.12. The number of ether oxygens (including phenoxy) is 10. The van der Waals surface area contributed by atoms with E-state index in [1.54, 1.807) is 32.4 Å². The van der Waals surface area contributed by atoms with Crippen LogP contribution in [-0.2, 0) is 37.9 Å². The third-order valence-electron chi connectivity index (χ3n) is 6.88. The molecule has 2 aromatic carbocycles. The summed E-state index contributed by atoms with van der Waals surface area (Å²) in [4.78, 5) is 12.9. The van der Waals surface area contributed by atoms with Crippen molar-refractivity contribution >= 4 is 18.1 Å². The van der Waals surface area contributed by atoms with E-state index in [1.807, 2.05) is 64.1 Å². The van der Waals surface area contributed by atoms with Gasteiger partial charge in [-0.25, -0.2) is 4.79 Å². The van der Waals surface area contributed by atoms with Gasteiger partial charge in [0.2, 0.25) is 0 Å². The van der Waals surface area contributed by atoms with Gasteiger partial charge in [0.15, 0.2) is 42.9 Å². The summed E-state index contributed by atoms with van der Waals surface area (Å²) in [6, 6.07) is 12.7. The van der Waals surface area contributed by atoms with Crippen LogP contribution in [0.1, 0.15) is 49.2 Å². The fourth-order valence-electron chi connectivity index (χ4n) is 5.10. The van der Waals surface area contributed by atoms with Gasteiger partial charge in [-0.05, 0) is 63.1 Å². The van der Waals surface area contributed by atoms with Crippen molar-refractivity contribution in [3.8, 4) is 11.5 Å². The second kappa shape index (κ2) is 12.7. The van der Waals surface area contributed by atoms with E-state index in [4.69, 9.17) is 47.4 Å². The fourth-order valence-corrected chi connectivity index (χ4v) is 5.10. The lowest BCUT2D eigenvalue weighted by Crippen LogP contribution is -2.56. The molecule has 3 heterocycles. The Bertz CT molecular complexity index is 1260. The second-order valence-electron chi connectivity index (χ2n) is 11.1. The summed E-state index contributed by atoms with van der Waals surface area (Å²) in [5.41, 5.74) is 2.20. The molecule has 11 nitrogen and oxygen atoms in total. The number of methoxy groups -OCH3 is 2. The molecule has 0 radical (unpaired) electrons. The minimum absolute atomic E-state index is 0.0222. The van der Waals surface area contributed by atoms with E-state index >= 15 is 0 Å². The average molecular weight is 587 g/mol. The Morgan fingerprint density at radius 3 is 2.07 bits per heavy atom. The molecule has 2 aromatic rings. The topological polar surface area (TPSA) is 109 Å². The van der Waals surface area contributed by atoms with Crippen LogP contribution < -0.4 is 9.47 Å². The van der Waals surface area contributed by atoms with Gasteiger partial charge in [-0.1, -0.05) is 30.4 Å². The van der Waals surface area contributed by atoms with Crippen LogP contribution in [0.25, 0.3) is 12.2 Å². The quantitative estimate of drug-likeness (QED) is 0.213. The van der Waals surface area contributed by atoms with Crippen LogP contribution in [0.4, 0.5) is 0 Å². The van der Waals surface area contributed by atoms with E-state index in [9.17, 15) is 4.79 Å². The van der Waals surface area contributed by atoms with E-state index in [0.717, 1.165) is 11.1 Å². The van der Waals surface area contributed by atoms with Gasteiger partial charge in [0.25, 0.3) is 0 Å². The second-order valence-corrected chi connectivity index (χ2v) is 11.1. The van der Waals surface area contributed by atoms with Gasteiger partial charge >= 0.3 is 5.97 Å². The van der Waals surface area contributed by atoms with E-state index in [2.05, 4.69) is 0 Å². The molecule has 5 unspecified atom stereocenters. The zero-order chi connectivity index (χ0) is 29.9. The van der Waals surface area contributed by atoms with Crippen molar-refractivity contribution in [2.45, 2.75) is 70.0 Å². The number of benzene rings is 2. The average Bonchev–Trinajstić information content (AvgIpc) is 3.46. The lowest BCUT2D eigenvalue weighted by molar-refractivity contribution is -0.240. The Labute approximate surface area is 245 Å². The van der Waals surface area contributed by atoms with E-state index in [0.29, 0.717) is 17.1 Å². The molecule has 0 saturated carbocycles. The van der Waals surface area contributed by atoms with Crippen LogP contribution in [-0.4, -0.2) is 82.7 Å². The van der Waals surface area contributed by atoms with Gasteiger partial charge in [-0.15, -0.1) is 0 Å². The molecule has 0 spiro atoms. The molecule has 3 fully saturated rings. The summed E-state index contributed by atoms with van der Waals surface area (Å²) in [6.07, 6.45) is 1.31. The van der Waals surface area contributed by atoms with E-state index < -0.39 is 48.2 Å². The molecule has 0 bridgehead atoms. The van der Waals surface area contributed by atoms with Crippen LogP contribution in [0.2, 0.25) is 0 Å². The van der Waals surface area contributed by atoms with Crippen molar-refractivity contribution in [2.75, 3.05) is 34.4 Å². The minimum atomic E-state index is -0.826. The highest BCUT2D eigenvalue weighted by atomic mass is 16.9. The van der Waals surface area contributed by atoms with E-state index in [-0.39, 0.29) is 20.2 Å². The maximum atomic E-state index is 12.9.